The van der Waals surface area contributed by atoms with Crippen LogP contribution in [0, 0.1) is 5.92 Å². The first-order valence-electron chi connectivity index (χ1n) is 5.96. The van der Waals surface area contributed by atoms with Gasteiger partial charge in [0.15, 0.2) is 0 Å². The van der Waals surface area contributed by atoms with Crippen LogP contribution in [0.3, 0.4) is 0 Å². The number of hydrogen-bond donors (Lipinski definition) is 2. The Kier molecular flexibility index (Phi) is 5.46. The maximum absolute atomic E-state index is 11.5. The predicted molar refractivity (Wildman–Crippen MR) is 65.5 cm³/mol. The molecule has 0 spiro atoms. The lowest BCUT2D eigenvalue weighted by molar-refractivity contribution is -0.143. The van der Waals surface area contributed by atoms with Crippen molar-refractivity contribution >= 4 is 11.9 Å². The van der Waals surface area contributed by atoms with Crippen molar-refractivity contribution < 1.29 is 14.7 Å². The van der Waals surface area contributed by atoms with E-state index in [-0.39, 0.29) is 17.9 Å². The summed E-state index contributed by atoms with van der Waals surface area (Å²) in [7, 11) is 0. The number of aliphatic carboxylic acids is 1. The average molecular weight is 237 g/mol. The molecule has 0 aromatic heterocycles. The van der Waals surface area contributed by atoms with Gasteiger partial charge >= 0.3 is 5.97 Å². The van der Waals surface area contributed by atoms with Crippen LogP contribution >= 0.6 is 0 Å². The maximum Gasteiger partial charge on any atom is 0.306 e. The van der Waals surface area contributed by atoms with E-state index in [1.807, 2.05) is 13.0 Å². The highest BCUT2D eigenvalue weighted by Gasteiger charge is 2.27. The summed E-state index contributed by atoms with van der Waals surface area (Å²) in [6, 6.07) is -0.00685. The summed E-state index contributed by atoms with van der Waals surface area (Å²) in [6.07, 6.45) is 9.74. The zero-order chi connectivity index (χ0) is 12.7. The maximum atomic E-state index is 11.5. The molecule has 2 unspecified atom stereocenters. The fourth-order valence-electron chi connectivity index (χ4n) is 2.05. The number of nitrogens with one attached hydrogen (secondary N) is 1. The second kappa shape index (κ2) is 6.89. The lowest BCUT2D eigenvalue weighted by Crippen LogP contribution is -2.39. The lowest BCUT2D eigenvalue weighted by atomic mass is 9.86. The van der Waals surface area contributed by atoms with Crippen molar-refractivity contribution in [1.82, 2.24) is 5.32 Å². The van der Waals surface area contributed by atoms with E-state index in [0.29, 0.717) is 6.42 Å². The molecule has 94 valence electrons. The summed E-state index contributed by atoms with van der Waals surface area (Å²) in [5, 5.41) is 11.8. The number of hydrogen-bond acceptors (Lipinski definition) is 2. The highest BCUT2D eigenvalue weighted by atomic mass is 16.4. The SMILES string of the molecule is CC=CC=CC(=O)NC1CCCC(C(=O)O)C1. The normalized spacial score (nSPS) is 25.2. The van der Waals surface area contributed by atoms with Gasteiger partial charge in [-0.3, -0.25) is 9.59 Å². The van der Waals surface area contributed by atoms with Gasteiger partial charge in [0.25, 0.3) is 0 Å². The molecule has 0 heterocycles. The third-order valence-electron chi connectivity index (χ3n) is 2.92. The van der Waals surface area contributed by atoms with Crippen molar-refractivity contribution in [3.05, 3.63) is 24.3 Å². The van der Waals surface area contributed by atoms with Crippen LogP contribution in [-0.2, 0) is 9.59 Å². The van der Waals surface area contributed by atoms with Crippen LogP contribution in [0.2, 0.25) is 0 Å². The van der Waals surface area contributed by atoms with Crippen molar-refractivity contribution in [2.24, 2.45) is 5.92 Å². The van der Waals surface area contributed by atoms with E-state index in [0.717, 1.165) is 19.3 Å². The van der Waals surface area contributed by atoms with E-state index in [9.17, 15) is 9.59 Å². The zero-order valence-corrected chi connectivity index (χ0v) is 10.1. The molecule has 0 saturated heterocycles. The van der Waals surface area contributed by atoms with Crippen LogP contribution < -0.4 is 5.32 Å². The Balaban J connectivity index is 2.40. The van der Waals surface area contributed by atoms with E-state index >= 15 is 0 Å². The molecule has 1 aliphatic rings. The molecule has 0 aromatic carbocycles. The highest BCUT2D eigenvalue weighted by molar-refractivity contribution is 5.88. The molecular formula is C13H19NO3. The minimum Gasteiger partial charge on any atom is -0.481 e. The average Bonchev–Trinajstić information content (AvgIpc) is 2.29. The van der Waals surface area contributed by atoms with Crippen molar-refractivity contribution in [3.8, 4) is 0 Å². The van der Waals surface area contributed by atoms with Gasteiger partial charge in [0.2, 0.25) is 5.91 Å². The Morgan fingerprint density at radius 1 is 1.29 bits per heavy atom. The molecule has 1 fully saturated rings. The molecule has 0 radical (unpaired) electrons. The van der Waals surface area contributed by atoms with Crippen molar-refractivity contribution in [3.63, 3.8) is 0 Å². The molecule has 1 rings (SSSR count). The molecule has 4 nitrogen and oxygen atoms in total. The summed E-state index contributed by atoms with van der Waals surface area (Å²) < 4.78 is 0. The standard InChI is InChI=1S/C13H19NO3/c1-2-3-4-8-12(15)14-11-7-5-6-10(9-11)13(16)17/h2-4,8,10-11H,5-7,9H2,1H3,(H,14,15)(H,16,17). The Hall–Kier alpha value is -1.58. The fourth-order valence-corrected chi connectivity index (χ4v) is 2.05. The molecule has 1 saturated carbocycles. The fraction of sp³-hybridized carbons (Fsp3) is 0.538. The number of rotatable bonds is 4. The largest absolute Gasteiger partial charge is 0.481 e. The van der Waals surface area contributed by atoms with E-state index in [4.69, 9.17) is 5.11 Å². The summed E-state index contributed by atoms with van der Waals surface area (Å²) in [6.45, 7) is 1.88. The Bertz CT molecular complexity index is 334. The Morgan fingerprint density at radius 3 is 2.71 bits per heavy atom. The second-order valence-electron chi connectivity index (χ2n) is 4.29. The number of carbonyl (C=O) groups excluding carboxylic acids is 1. The predicted octanol–water partition coefficient (Wildman–Crippen LogP) is 1.88. The molecule has 2 atom stereocenters. The van der Waals surface area contributed by atoms with Gasteiger partial charge in [-0.1, -0.05) is 24.6 Å². The van der Waals surface area contributed by atoms with Gasteiger partial charge in [-0.15, -0.1) is 0 Å². The topological polar surface area (TPSA) is 66.4 Å². The summed E-state index contributed by atoms with van der Waals surface area (Å²) >= 11 is 0. The number of amides is 1. The van der Waals surface area contributed by atoms with Crippen molar-refractivity contribution in [2.45, 2.75) is 38.6 Å². The van der Waals surface area contributed by atoms with Crippen LogP contribution in [0.5, 0.6) is 0 Å². The van der Waals surface area contributed by atoms with Gasteiger partial charge in [0, 0.05) is 12.1 Å². The second-order valence-corrected chi connectivity index (χ2v) is 4.29. The van der Waals surface area contributed by atoms with Gasteiger partial charge < -0.3 is 10.4 Å². The van der Waals surface area contributed by atoms with E-state index in [1.165, 1.54) is 6.08 Å². The van der Waals surface area contributed by atoms with Crippen LogP contribution in [-0.4, -0.2) is 23.0 Å². The smallest absolute Gasteiger partial charge is 0.306 e. The first-order chi connectivity index (χ1) is 8.13. The van der Waals surface area contributed by atoms with E-state index in [2.05, 4.69) is 5.32 Å². The first kappa shape index (κ1) is 13.5. The summed E-state index contributed by atoms with van der Waals surface area (Å²) in [4.78, 5) is 22.3. The van der Waals surface area contributed by atoms with Gasteiger partial charge in [0.1, 0.15) is 0 Å². The van der Waals surface area contributed by atoms with Crippen LogP contribution in [0.25, 0.3) is 0 Å². The van der Waals surface area contributed by atoms with Crippen molar-refractivity contribution in [1.29, 1.82) is 0 Å². The van der Waals surface area contributed by atoms with Crippen LogP contribution in [0.1, 0.15) is 32.6 Å². The van der Waals surface area contributed by atoms with E-state index in [1.54, 1.807) is 12.2 Å². The number of carboxylic acid groups (broad SMARTS) is 1. The quantitative estimate of drug-likeness (QED) is 0.579. The molecule has 17 heavy (non-hydrogen) atoms. The number of carboxylic acids is 1. The van der Waals surface area contributed by atoms with Gasteiger partial charge in [-0.2, -0.15) is 0 Å². The minimum atomic E-state index is -0.756. The summed E-state index contributed by atoms with van der Waals surface area (Å²) in [5.74, 6) is -1.22. The third kappa shape index (κ3) is 4.85. The molecular weight excluding hydrogens is 218 g/mol. The molecule has 1 amide bonds. The minimum absolute atomic E-state index is 0.00685. The van der Waals surface area contributed by atoms with Gasteiger partial charge in [0.05, 0.1) is 5.92 Å². The lowest BCUT2D eigenvalue weighted by Gasteiger charge is -2.26. The third-order valence-corrected chi connectivity index (χ3v) is 2.92. The van der Waals surface area contributed by atoms with Crippen LogP contribution in [0.15, 0.2) is 24.3 Å². The molecule has 4 heteroatoms. The number of allylic oxidation sites excluding steroid dienone is 3. The van der Waals surface area contributed by atoms with Gasteiger partial charge in [-0.25, -0.2) is 0 Å². The van der Waals surface area contributed by atoms with E-state index < -0.39 is 5.97 Å². The monoisotopic (exact) mass is 237 g/mol. The molecule has 0 aliphatic heterocycles. The molecule has 0 bridgehead atoms. The number of carbonyl (C=O) groups is 2. The molecule has 2 N–H and O–H groups in total. The summed E-state index contributed by atoms with van der Waals surface area (Å²) in [5.41, 5.74) is 0. The first-order valence-corrected chi connectivity index (χ1v) is 5.96. The molecule has 0 aromatic rings. The van der Waals surface area contributed by atoms with Crippen LogP contribution in [0.4, 0.5) is 0 Å². The Labute approximate surface area is 101 Å². The zero-order valence-electron chi connectivity index (χ0n) is 10.1. The Morgan fingerprint density at radius 2 is 2.06 bits per heavy atom. The highest BCUT2D eigenvalue weighted by Crippen LogP contribution is 2.24. The van der Waals surface area contributed by atoms with Crippen molar-refractivity contribution in [2.75, 3.05) is 0 Å². The molecule has 1 aliphatic carbocycles. The van der Waals surface area contributed by atoms with Gasteiger partial charge in [-0.05, 0) is 26.2 Å².